The van der Waals surface area contributed by atoms with Crippen molar-refractivity contribution in [2.45, 2.75) is 68.3 Å². The monoisotopic (exact) mass is 640 g/mol. The average Bonchev–Trinajstić information content (AvgIpc) is 3.01. The summed E-state index contributed by atoms with van der Waals surface area (Å²) in [6.45, 7) is 0.797. The van der Waals surface area contributed by atoms with E-state index >= 15 is 0 Å². The minimum Gasteiger partial charge on any atom is -0.507 e. The minimum atomic E-state index is -2.00. The zero-order chi connectivity index (χ0) is 32.9. The van der Waals surface area contributed by atoms with Crippen LogP contribution in [-0.4, -0.2) is 126 Å². The van der Waals surface area contributed by atoms with Gasteiger partial charge < -0.3 is 79.2 Å². The molecule has 0 aliphatic carbocycles. The van der Waals surface area contributed by atoms with Crippen molar-refractivity contribution >= 4 is 11.0 Å². The topological polar surface area (TPSA) is 279 Å². The van der Waals surface area contributed by atoms with E-state index < -0.39 is 113 Å². The van der Waals surface area contributed by atoms with Gasteiger partial charge in [-0.05, 0) is 25.1 Å². The first-order valence-electron chi connectivity index (χ1n) is 13.5. The van der Waals surface area contributed by atoms with Gasteiger partial charge in [0.05, 0.1) is 19.8 Å². The van der Waals surface area contributed by atoms with Gasteiger partial charge in [-0.25, -0.2) is 0 Å². The molecule has 2 aliphatic heterocycles. The van der Waals surface area contributed by atoms with E-state index in [0.29, 0.717) is 6.07 Å². The molecule has 5 rings (SSSR count). The Morgan fingerprint density at radius 3 is 2.13 bits per heavy atom. The molecule has 2 aromatic carbocycles. The summed E-state index contributed by atoms with van der Waals surface area (Å²) in [5.41, 5.74) is -1.77. The number of aliphatic hydroxyl groups excluding tert-OH is 6. The second-order valence-electron chi connectivity index (χ2n) is 10.6. The van der Waals surface area contributed by atoms with E-state index in [4.69, 9.17) is 28.1 Å². The number of rotatable bonds is 7. The summed E-state index contributed by atoms with van der Waals surface area (Å²) in [5, 5.41) is 102. The van der Waals surface area contributed by atoms with Crippen LogP contribution < -0.4 is 14.9 Å². The molecule has 10 atom stereocenters. The Morgan fingerprint density at radius 2 is 1.44 bits per heavy atom. The van der Waals surface area contributed by atoms with E-state index in [9.17, 15) is 55.9 Å². The van der Waals surface area contributed by atoms with Crippen molar-refractivity contribution in [3.63, 3.8) is 0 Å². The third kappa shape index (κ3) is 5.81. The number of phenolic OH excluding ortho intramolecular Hbond substituents is 4. The highest BCUT2D eigenvalue weighted by atomic mass is 16.7. The van der Waals surface area contributed by atoms with Gasteiger partial charge in [-0.2, -0.15) is 0 Å². The molecule has 0 radical (unpaired) electrons. The van der Waals surface area contributed by atoms with Crippen molar-refractivity contribution in [3.05, 3.63) is 34.5 Å². The van der Waals surface area contributed by atoms with Gasteiger partial charge in [0, 0.05) is 11.6 Å². The van der Waals surface area contributed by atoms with Crippen LogP contribution in [0.15, 0.2) is 33.5 Å². The maximum Gasteiger partial charge on any atom is 0.239 e. The summed E-state index contributed by atoms with van der Waals surface area (Å²) in [6, 6.07) is 4.35. The summed E-state index contributed by atoms with van der Waals surface area (Å²) in [4.78, 5) is 13.7. The number of fused-ring (bicyclic) bond motifs is 1. The van der Waals surface area contributed by atoms with Crippen LogP contribution in [0.2, 0.25) is 0 Å². The molecule has 0 saturated carbocycles. The molecule has 1 aromatic heterocycles. The minimum absolute atomic E-state index is 0.00458. The highest BCUT2D eigenvalue weighted by Gasteiger charge is 2.48. The normalized spacial score (nSPS) is 32.0. The fraction of sp³-hybridized carbons (Fsp3) is 0.464. The highest BCUT2D eigenvalue weighted by molar-refractivity contribution is 5.93. The maximum absolute atomic E-state index is 13.7. The zero-order valence-corrected chi connectivity index (χ0v) is 23.6. The fourth-order valence-electron chi connectivity index (χ4n) is 5.03. The van der Waals surface area contributed by atoms with E-state index in [2.05, 4.69) is 0 Å². The molecule has 2 saturated heterocycles. The molecule has 3 heterocycles. The number of ether oxygens (including phenoxy) is 5. The smallest absolute Gasteiger partial charge is 0.239 e. The first-order chi connectivity index (χ1) is 21.2. The van der Waals surface area contributed by atoms with Crippen molar-refractivity contribution < 1.29 is 79.2 Å². The van der Waals surface area contributed by atoms with Gasteiger partial charge in [0.2, 0.25) is 23.2 Å². The molecule has 10 N–H and O–H groups in total. The van der Waals surface area contributed by atoms with Crippen molar-refractivity contribution in [2.75, 3.05) is 13.7 Å². The van der Waals surface area contributed by atoms with Gasteiger partial charge in [0.15, 0.2) is 34.9 Å². The highest BCUT2D eigenvalue weighted by Crippen LogP contribution is 2.43. The van der Waals surface area contributed by atoms with E-state index in [1.54, 1.807) is 0 Å². The second kappa shape index (κ2) is 12.5. The Kier molecular flexibility index (Phi) is 9.00. The Hall–Kier alpha value is -3.91. The van der Waals surface area contributed by atoms with Gasteiger partial charge in [-0.15, -0.1) is 0 Å². The number of benzene rings is 2. The van der Waals surface area contributed by atoms with Gasteiger partial charge in [0.1, 0.15) is 53.9 Å². The summed E-state index contributed by atoms with van der Waals surface area (Å²) < 4.78 is 33.0. The van der Waals surface area contributed by atoms with Gasteiger partial charge >= 0.3 is 0 Å². The molecule has 17 nitrogen and oxygen atoms in total. The molecule has 2 aliphatic rings. The molecule has 0 amide bonds. The molecule has 0 bridgehead atoms. The molecule has 0 spiro atoms. The zero-order valence-electron chi connectivity index (χ0n) is 23.6. The standard InChI is InChI=1S/C28H32O17/c1-8-16(32)20(36)22(38)27(42-8)41-7-14-18(34)21(37)23(39)28(43-14)45-26-19(35)15-11(30)6-12(31)17(33)25(15)44-24(26)9-3-4-10(29)13(5-9)40-2/h3-6,8,14,16,18,20-23,27-34,36-39H,7H2,1-2H3/t8-,14+,16-,18+,20+,21-,22+,23+,27+,28-/m0/s1. The first kappa shape index (κ1) is 32.5. The summed E-state index contributed by atoms with van der Waals surface area (Å²) in [7, 11) is 1.25. The fourth-order valence-corrected chi connectivity index (χ4v) is 5.03. The van der Waals surface area contributed by atoms with Crippen molar-refractivity contribution in [2.24, 2.45) is 0 Å². The van der Waals surface area contributed by atoms with E-state index in [0.717, 1.165) is 0 Å². The lowest BCUT2D eigenvalue weighted by Crippen LogP contribution is -2.61. The van der Waals surface area contributed by atoms with Crippen LogP contribution in [0.5, 0.6) is 34.5 Å². The predicted octanol–water partition coefficient (Wildman–Crippen LogP) is -1.68. The van der Waals surface area contributed by atoms with Gasteiger partial charge in [0.25, 0.3) is 0 Å². The third-order valence-corrected chi connectivity index (χ3v) is 7.64. The molecular weight excluding hydrogens is 608 g/mol. The van der Waals surface area contributed by atoms with Crippen LogP contribution in [-0.2, 0) is 14.2 Å². The van der Waals surface area contributed by atoms with Crippen LogP contribution in [0.4, 0.5) is 0 Å². The molecule has 0 unspecified atom stereocenters. The molecule has 45 heavy (non-hydrogen) atoms. The lowest BCUT2D eigenvalue weighted by Gasteiger charge is -2.42. The third-order valence-electron chi connectivity index (χ3n) is 7.64. The molecule has 246 valence electrons. The van der Waals surface area contributed by atoms with Gasteiger partial charge in [-0.3, -0.25) is 4.79 Å². The SMILES string of the molecule is COc1cc(-c2oc3c(O)c(O)cc(O)c3c(=O)c2O[C@@H]2O[C@H](CO[C@@H]3O[C@@H](C)[C@H](O)[C@@H](O)[C@H]3O)[C@@H](O)[C@H](O)[C@H]2O)ccc1O. The molecular formula is C28H32O17. The molecule has 3 aromatic rings. The second-order valence-corrected chi connectivity index (χ2v) is 10.6. The lowest BCUT2D eigenvalue weighted by molar-refractivity contribution is -0.318. The van der Waals surface area contributed by atoms with Crippen LogP contribution in [0.3, 0.4) is 0 Å². The molecule has 17 heteroatoms. The summed E-state index contributed by atoms with van der Waals surface area (Å²) in [5.74, 6) is -4.10. The number of aromatic hydroxyl groups is 4. The maximum atomic E-state index is 13.7. The number of phenols is 4. The first-order valence-corrected chi connectivity index (χ1v) is 13.5. The van der Waals surface area contributed by atoms with E-state index in [1.165, 1.54) is 32.2 Å². The number of hydrogen-bond donors (Lipinski definition) is 10. The summed E-state index contributed by atoms with van der Waals surface area (Å²) >= 11 is 0. The molecule has 2 fully saturated rings. The lowest BCUT2D eigenvalue weighted by atomic mass is 9.98. The number of hydrogen-bond acceptors (Lipinski definition) is 17. The largest absolute Gasteiger partial charge is 0.507 e. The van der Waals surface area contributed by atoms with Crippen molar-refractivity contribution in [1.82, 2.24) is 0 Å². The van der Waals surface area contributed by atoms with Crippen molar-refractivity contribution in [1.29, 1.82) is 0 Å². The number of aliphatic hydroxyl groups is 6. The Balaban J connectivity index is 1.52. The van der Waals surface area contributed by atoms with Crippen LogP contribution in [0.25, 0.3) is 22.3 Å². The van der Waals surface area contributed by atoms with E-state index in [1.807, 2.05) is 0 Å². The average molecular weight is 641 g/mol. The Labute approximate surface area is 252 Å². The van der Waals surface area contributed by atoms with Crippen LogP contribution in [0.1, 0.15) is 6.92 Å². The van der Waals surface area contributed by atoms with Gasteiger partial charge in [-0.1, -0.05) is 0 Å². The van der Waals surface area contributed by atoms with Crippen LogP contribution >= 0.6 is 0 Å². The quantitative estimate of drug-likeness (QED) is 0.102. The summed E-state index contributed by atoms with van der Waals surface area (Å²) in [6.07, 6.45) is -16.3. The van der Waals surface area contributed by atoms with Crippen molar-refractivity contribution in [3.8, 4) is 45.8 Å². The van der Waals surface area contributed by atoms with Crippen LogP contribution in [0, 0.1) is 0 Å². The Morgan fingerprint density at radius 1 is 0.778 bits per heavy atom. The predicted molar refractivity (Wildman–Crippen MR) is 147 cm³/mol. The Bertz CT molecular complexity index is 1610. The van der Waals surface area contributed by atoms with E-state index in [-0.39, 0.29) is 17.1 Å². The number of methoxy groups -OCH3 is 1.